The summed E-state index contributed by atoms with van der Waals surface area (Å²) >= 11 is 0. The van der Waals surface area contributed by atoms with Crippen molar-refractivity contribution in [3.8, 4) is 0 Å². The third-order valence-corrected chi connectivity index (χ3v) is 1.71. The topological polar surface area (TPSA) is 66.4 Å². The highest BCUT2D eigenvalue weighted by Crippen LogP contribution is 2.12. The monoisotopic (exact) mass is 193 g/mol. The molecule has 0 atom stereocenters. The minimum atomic E-state index is -1.03. The number of amides is 1. The molecule has 4 nitrogen and oxygen atoms in total. The van der Waals surface area contributed by atoms with E-state index >= 15 is 0 Å². The van der Waals surface area contributed by atoms with Gasteiger partial charge in [-0.2, -0.15) is 0 Å². The molecule has 74 valence electrons. The average molecular weight is 193 g/mol. The Morgan fingerprint density at radius 3 is 2.71 bits per heavy atom. The maximum Gasteiger partial charge on any atom is 0.337 e. The van der Waals surface area contributed by atoms with Crippen molar-refractivity contribution in [3.05, 3.63) is 35.6 Å². The maximum absolute atomic E-state index is 10.8. The van der Waals surface area contributed by atoms with Crippen LogP contribution in [0.3, 0.4) is 0 Å². The molecular weight excluding hydrogens is 182 g/mol. The lowest BCUT2D eigenvalue weighted by Crippen LogP contribution is -2.22. The number of carbonyl (C=O) groups is 2. The molecule has 0 bridgehead atoms. The maximum atomic E-state index is 10.8. The normalized spacial score (nSPS) is 15.2. The molecule has 1 rings (SSSR count). The summed E-state index contributed by atoms with van der Waals surface area (Å²) in [4.78, 5) is 21.6. The average Bonchev–Trinajstić information content (AvgIpc) is 2.28. The molecule has 1 amide bonds. The summed E-state index contributed by atoms with van der Waals surface area (Å²) in [5.74, 6) is -1.30. The van der Waals surface area contributed by atoms with E-state index in [0.717, 1.165) is 0 Å². The molecule has 1 aliphatic rings. The number of aliphatic carboxylic acids is 1. The fraction of sp³-hybridized carbons (Fsp3) is 0.200. The summed E-state index contributed by atoms with van der Waals surface area (Å²) in [6, 6.07) is 0. The number of rotatable bonds is 2. The van der Waals surface area contributed by atoms with Gasteiger partial charge in [0.05, 0.1) is 5.57 Å². The lowest BCUT2D eigenvalue weighted by atomic mass is 10.1. The molecule has 0 fully saturated rings. The lowest BCUT2D eigenvalue weighted by Gasteiger charge is -2.07. The van der Waals surface area contributed by atoms with Crippen LogP contribution in [0, 0.1) is 0 Å². The molecule has 0 aromatic rings. The molecule has 0 radical (unpaired) electrons. The first-order valence-electron chi connectivity index (χ1n) is 4.18. The van der Waals surface area contributed by atoms with Crippen LogP contribution in [0.1, 0.15) is 13.3 Å². The number of allylic oxidation sites excluding steroid dienone is 3. The Kier molecular flexibility index (Phi) is 3.23. The Morgan fingerprint density at radius 2 is 2.14 bits per heavy atom. The van der Waals surface area contributed by atoms with Gasteiger partial charge in [0.15, 0.2) is 0 Å². The number of hydrogen-bond acceptors (Lipinski definition) is 2. The van der Waals surface area contributed by atoms with Crippen molar-refractivity contribution >= 4 is 11.9 Å². The summed E-state index contributed by atoms with van der Waals surface area (Å²) in [5, 5.41) is 11.4. The van der Waals surface area contributed by atoms with Crippen molar-refractivity contribution < 1.29 is 14.7 Å². The molecule has 0 aliphatic heterocycles. The minimum Gasteiger partial charge on any atom is -0.478 e. The van der Waals surface area contributed by atoms with Gasteiger partial charge in [-0.3, -0.25) is 4.79 Å². The molecule has 1 aliphatic carbocycles. The first-order valence-corrected chi connectivity index (χ1v) is 4.18. The molecule has 0 saturated carbocycles. The molecule has 14 heavy (non-hydrogen) atoms. The van der Waals surface area contributed by atoms with E-state index in [-0.39, 0.29) is 11.5 Å². The molecular formula is C10H11NO3. The highest BCUT2D eigenvalue weighted by atomic mass is 16.4. The zero-order valence-corrected chi connectivity index (χ0v) is 7.78. The van der Waals surface area contributed by atoms with Crippen molar-refractivity contribution in [2.45, 2.75) is 13.3 Å². The summed E-state index contributed by atoms with van der Waals surface area (Å²) in [6.07, 6.45) is 7.07. The number of hydrogen-bond donors (Lipinski definition) is 2. The van der Waals surface area contributed by atoms with Gasteiger partial charge in [-0.25, -0.2) is 4.79 Å². The van der Waals surface area contributed by atoms with Crippen molar-refractivity contribution in [1.29, 1.82) is 0 Å². The molecule has 0 aromatic carbocycles. The van der Waals surface area contributed by atoms with Crippen molar-refractivity contribution in [2.24, 2.45) is 0 Å². The van der Waals surface area contributed by atoms with Gasteiger partial charge in [-0.05, 0) is 6.08 Å². The van der Waals surface area contributed by atoms with Gasteiger partial charge >= 0.3 is 5.97 Å². The fourth-order valence-corrected chi connectivity index (χ4v) is 1.16. The van der Waals surface area contributed by atoms with E-state index in [9.17, 15) is 9.59 Å². The van der Waals surface area contributed by atoms with Crippen LogP contribution >= 0.6 is 0 Å². The van der Waals surface area contributed by atoms with Crippen LogP contribution in [0.4, 0.5) is 0 Å². The lowest BCUT2D eigenvalue weighted by molar-refractivity contribution is -0.132. The highest BCUT2D eigenvalue weighted by Gasteiger charge is 2.12. The van der Waals surface area contributed by atoms with Gasteiger partial charge in [0.2, 0.25) is 5.91 Å². The van der Waals surface area contributed by atoms with Crippen LogP contribution in [0.25, 0.3) is 0 Å². The first-order chi connectivity index (χ1) is 6.61. The SMILES string of the molecule is CC(=O)NC1=C(C(=O)O)C=CC=CC1. The third-order valence-electron chi connectivity index (χ3n) is 1.71. The third kappa shape index (κ3) is 2.58. The second kappa shape index (κ2) is 4.41. The van der Waals surface area contributed by atoms with Gasteiger partial charge in [-0.1, -0.05) is 18.2 Å². The number of carboxylic acid groups (broad SMARTS) is 1. The minimum absolute atomic E-state index is 0.130. The van der Waals surface area contributed by atoms with E-state index in [1.54, 1.807) is 18.2 Å². The van der Waals surface area contributed by atoms with E-state index in [1.165, 1.54) is 13.0 Å². The Bertz CT molecular complexity index is 350. The number of carbonyl (C=O) groups excluding carboxylic acids is 1. The fourth-order valence-electron chi connectivity index (χ4n) is 1.16. The largest absolute Gasteiger partial charge is 0.478 e. The molecule has 0 aromatic heterocycles. The Balaban J connectivity index is 3.01. The van der Waals surface area contributed by atoms with Crippen LogP contribution in [0.2, 0.25) is 0 Å². The molecule has 0 heterocycles. The Labute approximate surface area is 81.6 Å². The van der Waals surface area contributed by atoms with E-state index in [4.69, 9.17) is 5.11 Å². The highest BCUT2D eigenvalue weighted by molar-refractivity contribution is 5.92. The summed E-state index contributed by atoms with van der Waals surface area (Å²) in [7, 11) is 0. The smallest absolute Gasteiger partial charge is 0.337 e. The van der Waals surface area contributed by atoms with Gasteiger partial charge in [-0.15, -0.1) is 0 Å². The standard InChI is InChI=1S/C10H11NO3/c1-7(12)11-9-6-4-2-3-5-8(9)10(13)14/h2-5H,6H2,1H3,(H,11,12)(H,13,14). The Morgan fingerprint density at radius 1 is 1.43 bits per heavy atom. The molecule has 4 heteroatoms. The van der Waals surface area contributed by atoms with Gasteiger partial charge in [0.25, 0.3) is 0 Å². The van der Waals surface area contributed by atoms with Crippen LogP contribution in [0.15, 0.2) is 35.6 Å². The Hall–Kier alpha value is -1.84. The number of carboxylic acids is 1. The summed E-state index contributed by atoms with van der Waals surface area (Å²) in [6.45, 7) is 1.35. The van der Waals surface area contributed by atoms with Crippen molar-refractivity contribution in [2.75, 3.05) is 0 Å². The predicted molar refractivity (Wildman–Crippen MR) is 51.4 cm³/mol. The predicted octanol–water partition coefficient (Wildman–Crippen LogP) is 0.977. The van der Waals surface area contributed by atoms with E-state index in [1.807, 2.05) is 0 Å². The van der Waals surface area contributed by atoms with Crippen LogP contribution in [-0.4, -0.2) is 17.0 Å². The number of nitrogens with one attached hydrogen (secondary N) is 1. The van der Waals surface area contributed by atoms with E-state index in [2.05, 4.69) is 5.32 Å². The molecule has 0 spiro atoms. The van der Waals surface area contributed by atoms with Gasteiger partial charge in [0.1, 0.15) is 0 Å². The van der Waals surface area contributed by atoms with E-state index in [0.29, 0.717) is 12.1 Å². The van der Waals surface area contributed by atoms with Crippen molar-refractivity contribution in [3.63, 3.8) is 0 Å². The molecule has 0 unspecified atom stereocenters. The van der Waals surface area contributed by atoms with Crippen LogP contribution < -0.4 is 5.32 Å². The zero-order valence-electron chi connectivity index (χ0n) is 7.78. The van der Waals surface area contributed by atoms with Crippen LogP contribution in [-0.2, 0) is 9.59 Å². The molecule has 2 N–H and O–H groups in total. The second-order valence-electron chi connectivity index (χ2n) is 2.87. The molecule has 0 saturated heterocycles. The van der Waals surface area contributed by atoms with Gasteiger partial charge in [0, 0.05) is 19.0 Å². The zero-order chi connectivity index (χ0) is 10.6. The van der Waals surface area contributed by atoms with Gasteiger partial charge < -0.3 is 10.4 Å². The second-order valence-corrected chi connectivity index (χ2v) is 2.87. The van der Waals surface area contributed by atoms with Crippen LogP contribution in [0.5, 0.6) is 0 Å². The summed E-state index contributed by atoms with van der Waals surface area (Å²) < 4.78 is 0. The van der Waals surface area contributed by atoms with E-state index < -0.39 is 5.97 Å². The van der Waals surface area contributed by atoms with Crippen molar-refractivity contribution in [1.82, 2.24) is 5.32 Å². The first kappa shape index (κ1) is 10.2. The summed E-state index contributed by atoms with van der Waals surface area (Å²) in [5.41, 5.74) is 0.556. The quantitative estimate of drug-likeness (QED) is 0.686.